The number of imide groups is 1. The highest BCUT2D eigenvalue weighted by Gasteiger charge is 2.25. The largest absolute Gasteiger partial charge is 0.504 e. The summed E-state index contributed by atoms with van der Waals surface area (Å²) in [7, 11) is 1.43. The summed E-state index contributed by atoms with van der Waals surface area (Å²) in [6.07, 6.45) is 1.29. The molecule has 1 aliphatic rings. The minimum absolute atomic E-state index is 0.0744. The molecule has 1 heterocycles. The van der Waals surface area contributed by atoms with Gasteiger partial charge in [-0.2, -0.15) is 5.10 Å². The van der Waals surface area contributed by atoms with Crippen LogP contribution in [0.2, 0.25) is 0 Å². The molecule has 1 fully saturated rings. The summed E-state index contributed by atoms with van der Waals surface area (Å²) in [5.41, 5.74) is 0.390. The van der Waals surface area contributed by atoms with Crippen LogP contribution in [-0.4, -0.2) is 41.9 Å². The van der Waals surface area contributed by atoms with Crippen LogP contribution in [0.15, 0.2) is 23.3 Å². The molecule has 0 aliphatic carbocycles. The Morgan fingerprint density at radius 2 is 2.28 bits per heavy atom. The van der Waals surface area contributed by atoms with Gasteiger partial charge in [0.15, 0.2) is 11.5 Å². The molecule has 1 aromatic rings. The third-order valence-corrected chi connectivity index (χ3v) is 2.36. The van der Waals surface area contributed by atoms with Crippen molar-refractivity contribution in [3.05, 3.63) is 23.8 Å². The van der Waals surface area contributed by atoms with Gasteiger partial charge in [0, 0.05) is 5.56 Å². The number of hydrogen-bond donors (Lipinski definition) is 2. The zero-order valence-corrected chi connectivity index (χ0v) is 9.58. The fourth-order valence-electron chi connectivity index (χ4n) is 1.46. The maximum Gasteiger partial charge on any atom is 0.344 e. The molecule has 2 N–H and O–H groups in total. The fourth-order valence-corrected chi connectivity index (χ4v) is 1.46. The number of nitrogens with zero attached hydrogens (tertiary/aromatic N) is 2. The van der Waals surface area contributed by atoms with Crippen LogP contribution in [0.4, 0.5) is 4.79 Å². The van der Waals surface area contributed by atoms with Crippen molar-refractivity contribution in [2.24, 2.45) is 5.10 Å². The number of methoxy groups -OCH3 is 1. The van der Waals surface area contributed by atoms with E-state index in [4.69, 9.17) is 4.74 Å². The number of urea groups is 1. The van der Waals surface area contributed by atoms with Crippen molar-refractivity contribution in [1.29, 1.82) is 0 Å². The highest BCUT2D eigenvalue weighted by molar-refractivity contribution is 6.02. The van der Waals surface area contributed by atoms with Crippen LogP contribution >= 0.6 is 0 Å². The van der Waals surface area contributed by atoms with Crippen LogP contribution in [0.25, 0.3) is 0 Å². The maximum atomic E-state index is 11.2. The van der Waals surface area contributed by atoms with Gasteiger partial charge in [0.25, 0.3) is 0 Å². The number of benzene rings is 1. The van der Waals surface area contributed by atoms with Gasteiger partial charge in [-0.25, -0.2) is 9.80 Å². The SMILES string of the molecule is COc1cccc(/C=N/N2CC(=O)NC2=O)c1O. The Labute approximate surface area is 103 Å². The van der Waals surface area contributed by atoms with Gasteiger partial charge in [0.2, 0.25) is 5.91 Å². The van der Waals surface area contributed by atoms with E-state index in [1.807, 2.05) is 0 Å². The Balaban J connectivity index is 2.19. The normalized spacial score (nSPS) is 15.3. The van der Waals surface area contributed by atoms with Gasteiger partial charge in [-0.15, -0.1) is 0 Å². The summed E-state index contributed by atoms with van der Waals surface area (Å²) in [4.78, 5) is 22.1. The number of rotatable bonds is 3. The molecule has 7 heteroatoms. The van der Waals surface area contributed by atoms with E-state index in [1.54, 1.807) is 18.2 Å². The second kappa shape index (κ2) is 4.74. The maximum absolute atomic E-state index is 11.2. The summed E-state index contributed by atoms with van der Waals surface area (Å²) in [6, 6.07) is 4.30. The highest BCUT2D eigenvalue weighted by atomic mass is 16.5. The number of amides is 3. The molecular formula is C11H11N3O4. The van der Waals surface area contributed by atoms with Crippen LogP contribution in [0.5, 0.6) is 11.5 Å². The number of ether oxygens (including phenoxy) is 1. The number of phenolic OH excluding ortho intramolecular Hbond substituents is 1. The molecule has 3 amide bonds. The molecular weight excluding hydrogens is 238 g/mol. The second-order valence-electron chi connectivity index (χ2n) is 3.55. The quantitative estimate of drug-likeness (QED) is 0.594. The second-order valence-corrected chi connectivity index (χ2v) is 3.55. The molecule has 0 unspecified atom stereocenters. The van der Waals surface area contributed by atoms with E-state index in [1.165, 1.54) is 13.3 Å². The monoisotopic (exact) mass is 249 g/mol. The van der Waals surface area contributed by atoms with E-state index in [0.29, 0.717) is 11.3 Å². The van der Waals surface area contributed by atoms with Crippen LogP contribution in [0, 0.1) is 0 Å². The van der Waals surface area contributed by atoms with Crippen molar-refractivity contribution in [1.82, 2.24) is 10.3 Å². The zero-order valence-electron chi connectivity index (χ0n) is 9.58. The Morgan fingerprint density at radius 3 is 2.89 bits per heavy atom. The fraction of sp³-hybridized carbons (Fsp3) is 0.182. The van der Waals surface area contributed by atoms with Crippen molar-refractivity contribution >= 4 is 18.2 Å². The van der Waals surface area contributed by atoms with Crippen LogP contribution in [0.3, 0.4) is 0 Å². The van der Waals surface area contributed by atoms with E-state index in [9.17, 15) is 14.7 Å². The third-order valence-electron chi connectivity index (χ3n) is 2.36. The predicted molar refractivity (Wildman–Crippen MR) is 62.5 cm³/mol. The number of para-hydroxylation sites is 1. The number of nitrogens with one attached hydrogen (secondary N) is 1. The smallest absolute Gasteiger partial charge is 0.344 e. The summed E-state index contributed by atoms with van der Waals surface area (Å²) in [5.74, 6) is -0.178. The Bertz CT molecular complexity index is 527. The first-order chi connectivity index (χ1) is 8.61. The van der Waals surface area contributed by atoms with Crippen molar-refractivity contribution in [2.75, 3.05) is 13.7 Å². The van der Waals surface area contributed by atoms with E-state index < -0.39 is 11.9 Å². The molecule has 94 valence electrons. The summed E-state index contributed by atoms with van der Waals surface area (Å²) < 4.78 is 4.94. The highest BCUT2D eigenvalue weighted by Crippen LogP contribution is 2.28. The third kappa shape index (κ3) is 2.24. The first-order valence-electron chi connectivity index (χ1n) is 5.13. The zero-order chi connectivity index (χ0) is 13.1. The first-order valence-corrected chi connectivity index (χ1v) is 5.13. The van der Waals surface area contributed by atoms with Gasteiger partial charge in [0.05, 0.1) is 13.3 Å². The minimum Gasteiger partial charge on any atom is -0.504 e. The number of hydrazone groups is 1. The van der Waals surface area contributed by atoms with Crippen molar-refractivity contribution < 1.29 is 19.4 Å². The first kappa shape index (κ1) is 11.9. The molecule has 0 aromatic heterocycles. The lowest BCUT2D eigenvalue weighted by atomic mass is 10.2. The standard InChI is InChI=1S/C11H11N3O4/c1-18-8-4-2-3-7(10(8)16)5-12-14-6-9(15)13-11(14)17/h2-5,16H,6H2,1H3,(H,13,15,17)/b12-5+. The Hall–Kier alpha value is -2.57. The van der Waals surface area contributed by atoms with Gasteiger partial charge in [-0.1, -0.05) is 6.07 Å². The molecule has 0 bridgehead atoms. The molecule has 0 radical (unpaired) electrons. The number of carbonyl (C=O) groups excluding carboxylic acids is 2. The molecule has 0 spiro atoms. The van der Waals surface area contributed by atoms with E-state index in [0.717, 1.165) is 5.01 Å². The van der Waals surface area contributed by atoms with E-state index in [2.05, 4.69) is 10.4 Å². The van der Waals surface area contributed by atoms with Gasteiger partial charge in [-0.05, 0) is 12.1 Å². The van der Waals surface area contributed by atoms with E-state index in [-0.39, 0.29) is 12.3 Å². The molecule has 1 aliphatic heterocycles. The molecule has 18 heavy (non-hydrogen) atoms. The Morgan fingerprint density at radius 1 is 1.50 bits per heavy atom. The lowest BCUT2D eigenvalue weighted by Crippen LogP contribution is -2.24. The van der Waals surface area contributed by atoms with Gasteiger partial charge >= 0.3 is 6.03 Å². The molecule has 1 aromatic carbocycles. The number of carbonyl (C=O) groups is 2. The van der Waals surface area contributed by atoms with Crippen molar-refractivity contribution in [3.8, 4) is 11.5 Å². The summed E-state index contributed by atoms with van der Waals surface area (Å²) in [5, 5.41) is 16.7. The van der Waals surface area contributed by atoms with Gasteiger partial charge < -0.3 is 9.84 Å². The van der Waals surface area contributed by atoms with Gasteiger partial charge in [-0.3, -0.25) is 10.1 Å². The number of phenols is 1. The molecule has 7 nitrogen and oxygen atoms in total. The van der Waals surface area contributed by atoms with Crippen LogP contribution < -0.4 is 10.1 Å². The van der Waals surface area contributed by atoms with Gasteiger partial charge in [0.1, 0.15) is 6.54 Å². The lowest BCUT2D eigenvalue weighted by molar-refractivity contribution is -0.118. The molecule has 0 atom stereocenters. The number of aromatic hydroxyl groups is 1. The average molecular weight is 249 g/mol. The summed E-state index contributed by atoms with van der Waals surface area (Å²) >= 11 is 0. The number of hydrogen-bond acceptors (Lipinski definition) is 5. The predicted octanol–water partition coefficient (Wildman–Crippen LogP) is 0.286. The minimum atomic E-state index is -0.585. The van der Waals surface area contributed by atoms with Crippen LogP contribution in [-0.2, 0) is 4.79 Å². The van der Waals surface area contributed by atoms with Crippen molar-refractivity contribution in [3.63, 3.8) is 0 Å². The van der Waals surface area contributed by atoms with Crippen molar-refractivity contribution in [2.45, 2.75) is 0 Å². The van der Waals surface area contributed by atoms with E-state index >= 15 is 0 Å². The molecule has 2 rings (SSSR count). The topological polar surface area (TPSA) is 91.2 Å². The molecule has 0 saturated carbocycles. The molecule has 1 saturated heterocycles. The lowest BCUT2D eigenvalue weighted by Gasteiger charge is -2.07. The average Bonchev–Trinajstić information content (AvgIpc) is 2.66. The Kier molecular flexibility index (Phi) is 3.13. The van der Waals surface area contributed by atoms with Crippen LogP contribution in [0.1, 0.15) is 5.56 Å². The summed E-state index contributed by atoms with van der Waals surface area (Å²) in [6.45, 7) is -0.125.